The van der Waals surface area contributed by atoms with Gasteiger partial charge in [0.2, 0.25) is 11.8 Å². The lowest BCUT2D eigenvalue weighted by molar-refractivity contribution is -0.147. The molecular weight excluding hydrogens is 291 g/mol. The largest absolute Gasteiger partial charge is 0.300 e. The van der Waals surface area contributed by atoms with Crippen LogP contribution in [0.15, 0.2) is 22.7 Å². The van der Waals surface area contributed by atoms with E-state index in [0.29, 0.717) is 10.0 Å². The van der Waals surface area contributed by atoms with E-state index in [1.165, 1.54) is 17.0 Å². The first-order chi connectivity index (χ1) is 8.08. The molecule has 0 bridgehead atoms. The Bertz CT molecular complexity index is 463. The molecule has 1 heterocycles. The Morgan fingerprint density at radius 2 is 1.94 bits per heavy atom. The van der Waals surface area contributed by atoms with Crippen molar-refractivity contribution in [3.05, 3.63) is 34.1 Å². The number of hydrogen-bond acceptors (Lipinski definition) is 3. The highest BCUT2D eigenvalue weighted by molar-refractivity contribution is 9.10. The highest BCUT2D eigenvalue weighted by atomic mass is 79.9. The number of imide groups is 1. The van der Waals surface area contributed by atoms with Crippen LogP contribution in [-0.2, 0) is 16.1 Å². The zero-order valence-corrected chi connectivity index (χ0v) is 10.5. The number of halogens is 2. The normalized spacial score (nSPS) is 16.5. The van der Waals surface area contributed by atoms with Crippen LogP contribution in [0.25, 0.3) is 0 Å². The molecule has 0 aliphatic carbocycles. The van der Waals surface area contributed by atoms with E-state index in [1.807, 2.05) is 0 Å². The minimum Gasteiger partial charge on any atom is -0.300 e. The fourth-order valence-corrected chi connectivity index (χ4v) is 2.08. The van der Waals surface area contributed by atoms with E-state index >= 15 is 0 Å². The highest BCUT2D eigenvalue weighted by Gasteiger charge is 2.25. The topological polar surface area (TPSA) is 49.4 Å². The summed E-state index contributed by atoms with van der Waals surface area (Å²) in [4.78, 5) is 24.3. The van der Waals surface area contributed by atoms with Gasteiger partial charge in [-0.2, -0.15) is 0 Å². The summed E-state index contributed by atoms with van der Waals surface area (Å²) in [6.45, 7) is 0.481. The Hall–Kier alpha value is -1.27. The standard InChI is InChI=1S/C11H10BrFN2O2/c12-9-3-8(13)2-1-7(9)6-15-10(16)4-14-5-11(15)17/h1-3,14H,4-6H2. The average molecular weight is 301 g/mol. The van der Waals surface area contributed by atoms with Crippen molar-refractivity contribution in [2.45, 2.75) is 6.54 Å². The van der Waals surface area contributed by atoms with Crippen LogP contribution < -0.4 is 5.32 Å². The first-order valence-corrected chi connectivity index (χ1v) is 5.85. The molecule has 1 saturated heterocycles. The predicted octanol–water partition coefficient (Wildman–Crippen LogP) is 1.05. The summed E-state index contributed by atoms with van der Waals surface area (Å²) in [5.74, 6) is -0.895. The molecule has 1 aromatic rings. The summed E-state index contributed by atoms with van der Waals surface area (Å²) in [5, 5.41) is 2.71. The Morgan fingerprint density at radius 1 is 1.29 bits per heavy atom. The third-order valence-corrected chi connectivity index (χ3v) is 3.24. The first kappa shape index (κ1) is 12.2. The molecule has 1 N–H and O–H groups in total. The Kier molecular flexibility index (Phi) is 3.54. The lowest BCUT2D eigenvalue weighted by Gasteiger charge is -2.25. The fourth-order valence-electron chi connectivity index (χ4n) is 1.60. The van der Waals surface area contributed by atoms with Gasteiger partial charge in [-0.05, 0) is 17.7 Å². The number of nitrogens with zero attached hydrogens (tertiary/aromatic N) is 1. The lowest BCUT2D eigenvalue weighted by Crippen LogP contribution is -2.51. The molecule has 1 fully saturated rings. The zero-order chi connectivity index (χ0) is 12.4. The summed E-state index contributed by atoms with van der Waals surface area (Å²) >= 11 is 3.21. The van der Waals surface area contributed by atoms with Gasteiger partial charge in [-0.3, -0.25) is 19.8 Å². The molecular formula is C11H10BrFN2O2. The van der Waals surface area contributed by atoms with E-state index in [1.54, 1.807) is 6.07 Å². The van der Waals surface area contributed by atoms with E-state index in [4.69, 9.17) is 0 Å². The van der Waals surface area contributed by atoms with Crippen molar-refractivity contribution < 1.29 is 14.0 Å². The Balaban J connectivity index is 2.19. The summed E-state index contributed by atoms with van der Waals surface area (Å²) in [7, 11) is 0. The van der Waals surface area contributed by atoms with Gasteiger partial charge in [0.1, 0.15) is 5.82 Å². The number of piperazine rings is 1. The molecule has 2 rings (SSSR count). The van der Waals surface area contributed by atoms with E-state index in [0.717, 1.165) is 0 Å². The van der Waals surface area contributed by atoms with Crippen molar-refractivity contribution in [3.63, 3.8) is 0 Å². The van der Waals surface area contributed by atoms with Crippen LogP contribution in [0.4, 0.5) is 4.39 Å². The van der Waals surface area contributed by atoms with Gasteiger partial charge in [0.05, 0.1) is 19.6 Å². The number of rotatable bonds is 2. The molecule has 4 nitrogen and oxygen atoms in total. The average Bonchev–Trinajstić information content (AvgIpc) is 2.26. The zero-order valence-electron chi connectivity index (χ0n) is 8.87. The van der Waals surface area contributed by atoms with Gasteiger partial charge in [0.25, 0.3) is 0 Å². The van der Waals surface area contributed by atoms with E-state index in [2.05, 4.69) is 21.2 Å². The maximum absolute atomic E-state index is 12.9. The maximum atomic E-state index is 12.9. The maximum Gasteiger partial charge on any atom is 0.243 e. The minimum absolute atomic E-state index is 0.157. The Morgan fingerprint density at radius 3 is 2.53 bits per heavy atom. The molecule has 90 valence electrons. The molecule has 2 amide bonds. The second-order valence-corrected chi connectivity index (χ2v) is 4.57. The smallest absolute Gasteiger partial charge is 0.243 e. The SMILES string of the molecule is O=C1CNCC(=O)N1Cc1ccc(F)cc1Br. The molecule has 17 heavy (non-hydrogen) atoms. The van der Waals surface area contributed by atoms with Crippen molar-refractivity contribution in [2.75, 3.05) is 13.1 Å². The monoisotopic (exact) mass is 300 g/mol. The number of carbonyl (C=O) groups excluding carboxylic acids is 2. The Labute approximate surface area is 106 Å². The number of amides is 2. The van der Waals surface area contributed by atoms with Crippen molar-refractivity contribution in [1.29, 1.82) is 0 Å². The lowest BCUT2D eigenvalue weighted by atomic mass is 10.2. The number of carbonyl (C=O) groups is 2. The van der Waals surface area contributed by atoms with Crippen molar-refractivity contribution >= 4 is 27.7 Å². The van der Waals surface area contributed by atoms with Gasteiger partial charge in [-0.1, -0.05) is 22.0 Å². The molecule has 0 radical (unpaired) electrons. The minimum atomic E-state index is -0.362. The predicted molar refractivity (Wildman–Crippen MR) is 62.5 cm³/mol. The van der Waals surface area contributed by atoms with Gasteiger partial charge in [0.15, 0.2) is 0 Å². The summed E-state index contributed by atoms with van der Waals surface area (Å²) < 4.78 is 13.4. The quantitative estimate of drug-likeness (QED) is 0.831. The van der Waals surface area contributed by atoms with Gasteiger partial charge >= 0.3 is 0 Å². The van der Waals surface area contributed by atoms with Crippen LogP contribution >= 0.6 is 15.9 Å². The molecule has 0 atom stereocenters. The molecule has 1 aliphatic rings. The van der Waals surface area contributed by atoms with Crippen LogP contribution in [0.3, 0.4) is 0 Å². The van der Waals surface area contributed by atoms with Crippen molar-refractivity contribution in [1.82, 2.24) is 10.2 Å². The van der Waals surface area contributed by atoms with Crippen LogP contribution in [0.5, 0.6) is 0 Å². The van der Waals surface area contributed by atoms with Crippen molar-refractivity contribution in [3.8, 4) is 0 Å². The van der Waals surface area contributed by atoms with Gasteiger partial charge in [-0.25, -0.2) is 4.39 Å². The fraction of sp³-hybridized carbons (Fsp3) is 0.273. The number of nitrogens with one attached hydrogen (secondary N) is 1. The third-order valence-electron chi connectivity index (χ3n) is 2.50. The summed E-state index contributed by atoms with van der Waals surface area (Å²) in [6.07, 6.45) is 0. The molecule has 6 heteroatoms. The van der Waals surface area contributed by atoms with E-state index in [-0.39, 0.29) is 37.3 Å². The molecule has 1 aliphatic heterocycles. The molecule has 0 saturated carbocycles. The van der Waals surface area contributed by atoms with Gasteiger partial charge in [0, 0.05) is 4.47 Å². The van der Waals surface area contributed by atoms with Crippen molar-refractivity contribution in [2.24, 2.45) is 0 Å². The number of hydrogen-bond donors (Lipinski definition) is 1. The second-order valence-electron chi connectivity index (χ2n) is 3.71. The molecule has 0 spiro atoms. The number of benzene rings is 1. The van der Waals surface area contributed by atoms with Gasteiger partial charge < -0.3 is 0 Å². The molecule has 1 aromatic carbocycles. The molecule has 0 unspecified atom stereocenters. The van der Waals surface area contributed by atoms with Gasteiger partial charge in [-0.15, -0.1) is 0 Å². The first-order valence-electron chi connectivity index (χ1n) is 5.06. The van der Waals surface area contributed by atoms with Crippen LogP contribution in [0, 0.1) is 5.82 Å². The molecule has 0 aromatic heterocycles. The highest BCUT2D eigenvalue weighted by Crippen LogP contribution is 2.20. The third kappa shape index (κ3) is 2.70. The van der Waals surface area contributed by atoms with Crippen LogP contribution in [0.1, 0.15) is 5.56 Å². The second kappa shape index (κ2) is 4.93. The van der Waals surface area contributed by atoms with Crippen LogP contribution in [0.2, 0.25) is 0 Å². The summed E-state index contributed by atoms with van der Waals surface area (Å²) in [5.41, 5.74) is 0.704. The van der Waals surface area contributed by atoms with E-state index in [9.17, 15) is 14.0 Å². The summed E-state index contributed by atoms with van der Waals surface area (Å²) in [6, 6.07) is 4.17. The van der Waals surface area contributed by atoms with Crippen LogP contribution in [-0.4, -0.2) is 29.8 Å². The van der Waals surface area contributed by atoms with E-state index < -0.39 is 0 Å².